The normalized spacial score (nSPS) is 32.5. The molecule has 20 heavy (non-hydrogen) atoms. The van der Waals surface area contributed by atoms with Crippen molar-refractivity contribution in [3.05, 3.63) is 35.6 Å². The number of likely N-dealkylation sites (tertiary alicyclic amines) is 1. The van der Waals surface area contributed by atoms with Crippen LogP contribution in [0.2, 0.25) is 0 Å². The second-order valence-corrected chi connectivity index (χ2v) is 5.50. The number of hydrogen-bond acceptors (Lipinski definition) is 3. The van der Waals surface area contributed by atoms with Crippen LogP contribution in [0.3, 0.4) is 0 Å². The molecule has 2 heterocycles. The van der Waals surface area contributed by atoms with Gasteiger partial charge in [0.05, 0.1) is 5.92 Å². The maximum absolute atomic E-state index is 12.1. The molecule has 2 fully saturated rings. The van der Waals surface area contributed by atoms with Crippen molar-refractivity contribution in [2.75, 3.05) is 6.54 Å². The predicted octanol–water partition coefficient (Wildman–Crippen LogP) is 0.919. The van der Waals surface area contributed by atoms with Gasteiger partial charge in [-0.3, -0.25) is 4.79 Å². The molecule has 3 atom stereocenters. The van der Waals surface area contributed by atoms with Gasteiger partial charge in [-0.25, -0.2) is 0 Å². The Labute approximate surface area is 118 Å². The van der Waals surface area contributed by atoms with E-state index in [-0.39, 0.29) is 17.9 Å². The van der Waals surface area contributed by atoms with Crippen molar-refractivity contribution >= 4 is 5.91 Å². The third kappa shape index (κ3) is 2.04. The lowest BCUT2D eigenvalue weighted by atomic mass is 9.98. The van der Waals surface area contributed by atoms with Crippen LogP contribution in [0, 0.1) is 17.8 Å². The molecule has 1 aliphatic carbocycles. The molecule has 0 spiro atoms. The Kier molecular flexibility index (Phi) is 3.15. The first-order valence-corrected chi connectivity index (χ1v) is 6.89. The number of amides is 1. The third-order valence-corrected chi connectivity index (χ3v) is 4.24. The van der Waals surface area contributed by atoms with E-state index in [0.29, 0.717) is 19.4 Å². The van der Waals surface area contributed by atoms with Crippen molar-refractivity contribution < 1.29 is 9.90 Å². The van der Waals surface area contributed by atoms with E-state index >= 15 is 0 Å². The summed E-state index contributed by atoms with van der Waals surface area (Å²) in [7, 11) is 0. The molecule has 2 aliphatic heterocycles. The first-order valence-electron chi connectivity index (χ1n) is 6.89. The number of rotatable bonds is 1. The Balaban J connectivity index is 1.88. The number of hydrogen-bond donors (Lipinski definition) is 2. The second kappa shape index (κ2) is 4.84. The lowest BCUT2D eigenvalue weighted by Crippen LogP contribution is -2.52. The quantitative estimate of drug-likeness (QED) is 0.697. The lowest BCUT2D eigenvalue weighted by molar-refractivity contribution is -0.132. The van der Waals surface area contributed by atoms with Crippen molar-refractivity contribution in [3.63, 3.8) is 0 Å². The Bertz CT molecular complexity index is 591. The first-order chi connectivity index (χ1) is 9.58. The molecule has 2 saturated heterocycles. The van der Waals surface area contributed by atoms with Crippen LogP contribution in [0.4, 0.5) is 0 Å². The van der Waals surface area contributed by atoms with E-state index in [1.807, 2.05) is 17.1 Å². The average Bonchev–Trinajstić information content (AvgIpc) is 2.61. The van der Waals surface area contributed by atoms with E-state index in [1.165, 1.54) is 11.1 Å². The first kappa shape index (κ1) is 13.0. The predicted molar refractivity (Wildman–Crippen MR) is 76.1 cm³/mol. The van der Waals surface area contributed by atoms with E-state index in [2.05, 4.69) is 30.7 Å². The van der Waals surface area contributed by atoms with E-state index in [4.69, 9.17) is 0 Å². The van der Waals surface area contributed by atoms with Crippen LogP contribution in [-0.2, 0) is 4.79 Å². The molecular weight excluding hydrogens is 252 g/mol. The minimum absolute atomic E-state index is 0.0182. The highest BCUT2D eigenvalue weighted by Gasteiger charge is 2.39. The van der Waals surface area contributed by atoms with Crippen molar-refractivity contribution in [1.82, 2.24) is 10.2 Å². The van der Waals surface area contributed by atoms with Crippen molar-refractivity contribution in [1.29, 1.82) is 0 Å². The smallest absolute Gasteiger partial charge is 0.244 e. The maximum atomic E-state index is 12.1. The molecule has 0 saturated carbocycles. The summed E-state index contributed by atoms with van der Waals surface area (Å²) in [5, 5.41) is 12.1. The van der Waals surface area contributed by atoms with Crippen LogP contribution in [0.25, 0.3) is 0 Å². The number of nitrogens with one attached hydrogen (secondary N) is 1. The third-order valence-electron chi connectivity index (χ3n) is 4.24. The number of allylic oxidation sites excluding steroid dienone is 4. The number of fused-ring (bicyclic) bond motifs is 1. The monoisotopic (exact) mass is 270 g/mol. The number of nitrogens with zero attached hydrogens (tertiary/aromatic N) is 1. The number of piperidine rings is 1. The number of carbonyl (C=O) groups excluding carboxylic acids is 1. The highest BCUT2D eigenvalue weighted by molar-refractivity contribution is 5.83. The molecule has 4 nitrogen and oxygen atoms in total. The summed E-state index contributed by atoms with van der Waals surface area (Å²) in [6.45, 7) is 6.91. The van der Waals surface area contributed by atoms with Gasteiger partial charge < -0.3 is 15.3 Å². The SMILES string of the molecule is C=C1C2C#CC=CC(C)=C2CN1C1CCC(O)NC1=O. The van der Waals surface area contributed by atoms with Crippen LogP contribution in [0.5, 0.6) is 0 Å². The van der Waals surface area contributed by atoms with Gasteiger partial charge in [0.1, 0.15) is 12.3 Å². The standard InChI is InChI=1S/C16H18N2O2/c1-10-5-3-4-6-12-11(2)18(9-13(10)12)14-7-8-15(19)17-16(14)20/h3,5,12,14-15,19H,2,7-9H2,1H3,(H,17,20). The Morgan fingerprint density at radius 2 is 2.30 bits per heavy atom. The molecule has 0 bridgehead atoms. The van der Waals surface area contributed by atoms with Crippen LogP contribution >= 0.6 is 0 Å². The number of carbonyl (C=O) groups is 1. The fourth-order valence-electron chi connectivity index (χ4n) is 3.06. The molecule has 4 heteroatoms. The summed E-state index contributed by atoms with van der Waals surface area (Å²) in [4.78, 5) is 14.1. The van der Waals surface area contributed by atoms with Crippen LogP contribution < -0.4 is 5.32 Å². The summed E-state index contributed by atoms with van der Waals surface area (Å²) in [5.41, 5.74) is 3.31. The van der Waals surface area contributed by atoms with Gasteiger partial charge in [0, 0.05) is 12.2 Å². The van der Waals surface area contributed by atoms with Gasteiger partial charge in [-0.2, -0.15) is 0 Å². The number of aliphatic hydroxyl groups excluding tert-OH is 1. The zero-order chi connectivity index (χ0) is 14.3. The van der Waals surface area contributed by atoms with Gasteiger partial charge in [-0.15, -0.1) is 0 Å². The molecule has 3 rings (SSSR count). The van der Waals surface area contributed by atoms with Gasteiger partial charge in [0.25, 0.3) is 0 Å². The van der Waals surface area contributed by atoms with Gasteiger partial charge >= 0.3 is 0 Å². The summed E-state index contributed by atoms with van der Waals surface area (Å²) in [5.74, 6) is 6.12. The van der Waals surface area contributed by atoms with E-state index in [1.54, 1.807) is 0 Å². The molecule has 0 radical (unpaired) electrons. The van der Waals surface area contributed by atoms with E-state index < -0.39 is 6.23 Å². The minimum Gasteiger partial charge on any atom is -0.374 e. The molecule has 3 aliphatic rings. The zero-order valence-electron chi connectivity index (χ0n) is 11.5. The average molecular weight is 270 g/mol. The van der Waals surface area contributed by atoms with Gasteiger partial charge in [-0.1, -0.05) is 24.5 Å². The molecule has 0 aromatic rings. The van der Waals surface area contributed by atoms with Gasteiger partial charge in [0.2, 0.25) is 5.91 Å². The highest BCUT2D eigenvalue weighted by atomic mass is 16.3. The Hall–Kier alpha value is -1.99. The van der Waals surface area contributed by atoms with E-state index in [9.17, 15) is 9.90 Å². The Morgan fingerprint density at radius 1 is 1.50 bits per heavy atom. The molecule has 0 aromatic carbocycles. The van der Waals surface area contributed by atoms with Gasteiger partial charge in [-0.05, 0) is 37.0 Å². The summed E-state index contributed by atoms with van der Waals surface area (Å²) >= 11 is 0. The molecule has 0 aromatic heterocycles. The van der Waals surface area contributed by atoms with Crippen molar-refractivity contribution in [2.45, 2.75) is 32.0 Å². The summed E-state index contributed by atoms with van der Waals surface area (Å²) in [6, 6.07) is -0.246. The summed E-state index contributed by atoms with van der Waals surface area (Å²) < 4.78 is 0. The second-order valence-electron chi connectivity index (χ2n) is 5.50. The highest BCUT2D eigenvalue weighted by Crippen LogP contribution is 2.37. The van der Waals surface area contributed by atoms with Gasteiger partial charge in [0.15, 0.2) is 0 Å². The lowest BCUT2D eigenvalue weighted by Gasteiger charge is -2.34. The Morgan fingerprint density at radius 3 is 3.05 bits per heavy atom. The zero-order valence-corrected chi connectivity index (χ0v) is 11.5. The molecule has 3 unspecified atom stereocenters. The molecular formula is C16H18N2O2. The van der Waals surface area contributed by atoms with Crippen molar-refractivity contribution in [2.24, 2.45) is 5.92 Å². The van der Waals surface area contributed by atoms with E-state index in [0.717, 1.165) is 5.70 Å². The fraction of sp³-hybridized carbons (Fsp3) is 0.438. The largest absolute Gasteiger partial charge is 0.374 e. The summed E-state index contributed by atoms with van der Waals surface area (Å²) in [6.07, 6.45) is 4.39. The van der Waals surface area contributed by atoms with Crippen molar-refractivity contribution in [3.8, 4) is 11.8 Å². The topological polar surface area (TPSA) is 52.6 Å². The van der Waals surface area contributed by atoms with Crippen LogP contribution in [0.15, 0.2) is 35.6 Å². The molecule has 104 valence electrons. The maximum Gasteiger partial charge on any atom is 0.244 e. The fourth-order valence-corrected chi connectivity index (χ4v) is 3.06. The van der Waals surface area contributed by atoms with Crippen LogP contribution in [-0.4, -0.2) is 34.7 Å². The molecule has 1 amide bonds. The minimum atomic E-state index is -0.719. The molecule has 2 N–H and O–H groups in total. The van der Waals surface area contributed by atoms with Crippen LogP contribution in [0.1, 0.15) is 19.8 Å². The number of aliphatic hydroxyl groups is 1.